The molecule has 2 fully saturated rings. The van der Waals surface area contributed by atoms with Crippen molar-refractivity contribution in [3.8, 4) is 11.1 Å². The van der Waals surface area contributed by atoms with Crippen molar-refractivity contribution in [3.05, 3.63) is 42.0 Å². The number of fused-ring (bicyclic) bond motifs is 1. The van der Waals surface area contributed by atoms with Crippen molar-refractivity contribution < 1.29 is 0 Å². The molecule has 1 atom stereocenters. The molecule has 5 nitrogen and oxygen atoms in total. The van der Waals surface area contributed by atoms with Crippen LogP contribution in [0.5, 0.6) is 0 Å². The number of hydrogen-bond donors (Lipinski definition) is 1. The van der Waals surface area contributed by atoms with Crippen molar-refractivity contribution in [2.45, 2.75) is 44.6 Å². The molecular weight excluding hydrogens is 414 g/mol. The number of nitrogens with zero attached hydrogens (tertiary/aromatic N) is 4. The van der Waals surface area contributed by atoms with Gasteiger partial charge in [0.15, 0.2) is 0 Å². The van der Waals surface area contributed by atoms with Crippen LogP contribution in [-0.4, -0.2) is 60.7 Å². The molecule has 0 spiro atoms. The number of piperidine rings is 2. The van der Waals surface area contributed by atoms with E-state index in [-0.39, 0.29) is 0 Å². The Bertz CT molecular complexity index is 996. The third-order valence-electron chi connectivity index (χ3n) is 7.36. The van der Waals surface area contributed by atoms with E-state index in [4.69, 9.17) is 4.98 Å². The van der Waals surface area contributed by atoms with Crippen molar-refractivity contribution in [3.63, 3.8) is 0 Å². The summed E-state index contributed by atoms with van der Waals surface area (Å²) in [5, 5.41) is 7.22. The number of thiophene rings is 1. The minimum atomic E-state index is 0.767. The van der Waals surface area contributed by atoms with Gasteiger partial charge in [0.1, 0.15) is 17.0 Å². The van der Waals surface area contributed by atoms with Gasteiger partial charge in [-0.2, -0.15) is 0 Å². The van der Waals surface area contributed by atoms with Gasteiger partial charge in [0.05, 0.1) is 5.39 Å². The number of nitrogens with one attached hydrogen (secondary N) is 1. The van der Waals surface area contributed by atoms with Crippen LogP contribution < -0.4 is 10.2 Å². The largest absolute Gasteiger partial charge is 0.356 e. The lowest BCUT2D eigenvalue weighted by Gasteiger charge is -2.34. The van der Waals surface area contributed by atoms with Crippen LogP contribution >= 0.6 is 11.3 Å². The molecule has 2 saturated heterocycles. The highest BCUT2D eigenvalue weighted by molar-refractivity contribution is 7.17. The van der Waals surface area contributed by atoms with Crippen LogP contribution in [0.25, 0.3) is 21.3 Å². The zero-order chi connectivity index (χ0) is 21.8. The second-order valence-corrected chi connectivity index (χ2v) is 10.3. The molecule has 1 N–H and O–H groups in total. The zero-order valence-corrected chi connectivity index (χ0v) is 20.0. The van der Waals surface area contributed by atoms with E-state index in [1.54, 1.807) is 17.7 Å². The summed E-state index contributed by atoms with van der Waals surface area (Å²) in [6.07, 6.45) is 9.63. The van der Waals surface area contributed by atoms with Crippen LogP contribution in [0.3, 0.4) is 0 Å². The first-order valence-corrected chi connectivity index (χ1v) is 13.1. The fourth-order valence-electron chi connectivity index (χ4n) is 5.36. The Kier molecular flexibility index (Phi) is 7.00. The zero-order valence-electron chi connectivity index (χ0n) is 19.2. The quantitative estimate of drug-likeness (QED) is 0.512. The van der Waals surface area contributed by atoms with Gasteiger partial charge >= 0.3 is 0 Å². The maximum absolute atomic E-state index is 4.75. The van der Waals surface area contributed by atoms with Gasteiger partial charge < -0.3 is 15.1 Å². The predicted molar refractivity (Wildman–Crippen MR) is 136 cm³/mol. The lowest BCUT2D eigenvalue weighted by Crippen LogP contribution is -2.40. The molecule has 0 amide bonds. The maximum atomic E-state index is 4.75. The highest BCUT2D eigenvalue weighted by Crippen LogP contribution is 2.38. The standard InChI is InChI=1S/C26H35N5S/c1-30-14-6-5-9-22(30)10-13-27-17-20-11-15-31(16-12-20)25-24-23(21-7-3-2-4-8-21)18-32-26(24)29-19-28-25/h2-4,7-8,18-20,22,27H,5-6,9-17H2,1H3. The number of rotatable bonds is 7. The molecule has 6 heteroatoms. The van der Waals surface area contributed by atoms with Gasteiger partial charge in [-0.3, -0.25) is 0 Å². The van der Waals surface area contributed by atoms with Gasteiger partial charge in [0, 0.05) is 30.1 Å². The third-order valence-corrected chi connectivity index (χ3v) is 8.24. The second kappa shape index (κ2) is 10.3. The molecule has 4 heterocycles. The summed E-state index contributed by atoms with van der Waals surface area (Å²) in [5.41, 5.74) is 2.51. The Labute approximate surface area is 195 Å². The molecule has 2 aliphatic heterocycles. The highest BCUT2D eigenvalue weighted by atomic mass is 32.1. The van der Waals surface area contributed by atoms with Gasteiger partial charge in [0.2, 0.25) is 0 Å². The van der Waals surface area contributed by atoms with E-state index in [9.17, 15) is 0 Å². The Morgan fingerprint density at radius 3 is 2.69 bits per heavy atom. The van der Waals surface area contributed by atoms with E-state index in [2.05, 4.69) is 62.9 Å². The molecular formula is C26H35N5S. The van der Waals surface area contributed by atoms with Crippen molar-refractivity contribution in [2.24, 2.45) is 5.92 Å². The molecule has 0 radical (unpaired) electrons. The van der Waals surface area contributed by atoms with Gasteiger partial charge in [-0.05, 0) is 70.3 Å². The van der Waals surface area contributed by atoms with Gasteiger partial charge in [-0.15, -0.1) is 11.3 Å². The van der Waals surface area contributed by atoms with Crippen LogP contribution in [0.1, 0.15) is 38.5 Å². The fourth-order valence-corrected chi connectivity index (χ4v) is 6.27. The molecule has 1 unspecified atom stereocenters. The van der Waals surface area contributed by atoms with Crippen molar-refractivity contribution >= 4 is 27.4 Å². The summed E-state index contributed by atoms with van der Waals surface area (Å²) in [5.74, 6) is 1.88. The molecule has 0 aliphatic carbocycles. The number of likely N-dealkylation sites (tertiary alicyclic amines) is 1. The van der Waals surface area contributed by atoms with Gasteiger partial charge in [-0.1, -0.05) is 36.8 Å². The van der Waals surface area contributed by atoms with Crippen LogP contribution in [0.15, 0.2) is 42.0 Å². The van der Waals surface area contributed by atoms with Crippen LogP contribution in [-0.2, 0) is 0 Å². The molecule has 0 saturated carbocycles. The summed E-state index contributed by atoms with van der Waals surface area (Å²) in [6.45, 7) is 5.73. The third kappa shape index (κ3) is 4.82. The SMILES string of the molecule is CN1CCCCC1CCNCC1CCN(c2ncnc3scc(-c4ccccc4)c23)CC1. The molecule has 0 bridgehead atoms. The Hall–Kier alpha value is -2.02. The smallest absolute Gasteiger partial charge is 0.141 e. The monoisotopic (exact) mass is 449 g/mol. The summed E-state index contributed by atoms with van der Waals surface area (Å²) in [7, 11) is 2.29. The topological polar surface area (TPSA) is 44.3 Å². The first-order chi connectivity index (χ1) is 15.8. The van der Waals surface area contributed by atoms with E-state index >= 15 is 0 Å². The van der Waals surface area contributed by atoms with Crippen LogP contribution in [0, 0.1) is 5.92 Å². The minimum absolute atomic E-state index is 0.767. The molecule has 170 valence electrons. The number of benzene rings is 1. The van der Waals surface area contributed by atoms with Crippen molar-refractivity contribution in [1.29, 1.82) is 0 Å². The number of aromatic nitrogens is 2. The lowest BCUT2D eigenvalue weighted by molar-refractivity contribution is 0.175. The van der Waals surface area contributed by atoms with Gasteiger partial charge in [-0.25, -0.2) is 9.97 Å². The van der Waals surface area contributed by atoms with E-state index in [1.807, 2.05) is 0 Å². The Balaban J connectivity index is 1.17. The number of hydrogen-bond acceptors (Lipinski definition) is 6. The average molecular weight is 450 g/mol. The second-order valence-electron chi connectivity index (χ2n) is 9.45. The number of anilines is 1. The normalized spacial score (nSPS) is 20.8. The summed E-state index contributed by atoms with van der Waals surface area (Å²) in [6, 6.07) is 11.4. The van der Waals surface area contributed by atoms with Crippen molar-refractivity contribution in [2.75, 3.05) is 44.7 Å². The van der Waals surface area contributed by atoms with E-state index in [1.165, 1.54) is 61.6 Å². The van der Waals surface area contributed by atoms with Crippen LogP contribution in [0.4, 0.5) is 5.82 Å². The average Bonchev–Trinajstić information content (AvgIpc) is 3.28. The van der Waals surface area contributed by atoms with Crippen molar-refractivity contribution in [1.82, 2.24) is 20.2 Å². The first kappa shape index (κ1) is 21.8. The highest BCUT2D eigenvalue weighted by Gasteiger charge is 2.24. The first-order valence-electron chi connectivity index (χ1n) is 12.2. The summed E-state index contributed by atoms with van der Waals surface area (Å²) >= 11 is 1.72. The Morgan fingerprint density at radius 1 is 1.03 bits per heavy atom. The summed E-state index contributed by atoms with van der Waals surface area (Å²) in [4.78, 5) is 15.4. The van der Waals surface area contributed by atoms with Gasteiger partial charge in [0.25, 0.3) is 0 Å². The molecule has 32 heavy (non-hydrogen) atoms. The molecule has 2 aliphatic rings. The molecule has 2 aromatic heterocycles. The molecule has 5 rings (SSSR count). The van der Waals surface area contributed by atoms with E-state index in [0.717, 1.165) is 48.8 Å². The summed E-state index contributed by atoms with van der Waals surface area (Å²) < 4.78 is 0. The lowest BCUT2D eigenvalue weighted by atomic mass is 9.96. The fraction of sp³-hybridized carbons (Fsp3) is 0.538. The van der Waals surface area contributed by atoms with E-state index in [0.29, 0.717) is 0 Å². The minimum Gasteiger partial charge on any atom is -0.356 e. The Morgan fingerprint density at radius 2 is 1.88 bits per heavy atom. The predicted octanol–water partition coefficient (Wildman–Crippen LogP) is 5.04. The van der Waals surface area contributed by atoms with Crippen LogP contribution in [0.2, 0.25) is 0 Å². The van der Waals surface area contributed by atoms with E-state index < -0.39 is 0 Å². The maximum Gasteiger partial charge on any atom is 0.141 e. The molecule has 3 aromatic rings. The molecule has 1 aromatic carbocycles.